The topological polar surface area (TPSA) is 90.0 Å². The summed E-state index contributed by atoms with van der Waals surface area (Å²) in [5, 5.41) is 11.8. The molecule has 0 unspecified atom stereocenters. The number of benzene rings is 1. The normalized spacial score (nSPS) is 11.0. The molecule has 1 aromatic carbocycles. The maximum atomic E-state index is 8.82. The predicted molar refractivity (Wildman–Crippen MR) is 83.7 cm³/mol. The van der Waals surface area contributed by atoms with E-state index in [4.69, 9.17) is 20.4 Å². The average molecular weight is 299 g/mol. The van der Waals surface area contributed by atoms with E-state index in [2.05, 4.69) is 16.7 Å². The summed E-state index contributed by atoms with van der Waals surface area (Å²) in [6.07, 6.45) is 4.10. The van der Waals surface area contributed by atoms with E-state index >= 15 is 0 Å². The van der Waals surface area contributed by atoms with Crippen LogP contribution < -0.4 is 15.2 Å². The SMILES string of the molecule is C=CCc1ccc(Oc2ncccc2/C(N)=N/O)c(OC)c1. The van der Waals surface area contributed by atoms with Crippen molar-refractivity contribution in [3.8, 4) is 17.4 Å². The number of aromatic nitrogens is 1. The number of hydrogen-bond acceptors (Lipinski definition) is 5. The quantitative estimate of drug-likeness (QED) is 0.281. The summed E-state index contributed by atoms with van der Waals surface area (Å²) in [5.41, 5.74) is 7.06. The maximum Gasteiger partial charge on any atom is 0.230 e. The van der Waals surface area contributed by atoms with Crippen LogP contribution in [-0.2, 0) is 6.42 Å². The number of oxime groups is 1. The largest absolute Gasteiger partial charge is 0.493 e. The molecule has 114 valence electrons. The fourth-order valence-corrected chi connectivity index (χ4v) is 1.92. The van der Waals surface area contributed by atoms with Crippen molar-refractivity contribution >= 4 is 5.84 Å². The Morgan fingerprint density at radius 1 is 1.41 bits per heavy atom. The van der Waals surface area contributed by atoms with Gasteiger partial charge in [0.25, 0.3) is 0 Å². The monoisotopic (exact) mass is 299 g/mol. The van der Waals surface area contributed by atoms with E-state index in [1.54, 1.807) is 31.5 Å². The Morgan fingerprint density at radius 2 is 2.23 bits per heavy atom. The maximum absolute atomic E-state index is 8.82. The lowest BCUT2D eigenvalue weighted by molar-refractivity contribution is 0.318. The molecule has 0 fully saturated rings. The Morgan fingerprint density at radius 3 is 2.91 bits per heavy atom. The first-order chi connectivity index (χ1) is 10.7. The first-order valence-corrected chi connectivity index (χ1v) is 6.58. The molecule has 0 saturated heterocycles. The number of methoxy groups -OCH3 is 1. The lowest BCUT2D eigenvalue weighted by Crippen LogP contribution is -2.14. The average Bonchev–Trinajstić information content (AvgIpc) is 2.56. The van der Waals surface area contributed by atoms with Crippen molar-refractivity contribution in [2.75, 3.05) is 7.11 Å². The van der Waals surface area contributed by atoms with Crippen molar-refractivity contribution in [1.29, 1.82) is 0 Å². The lowest BCUT2D eigenvalue weighted by Gasteiger charge is -2.12. The number of amidine groups is 1. The minimum Gasteiger partial charge on any atom is -0.493 e. The molecule has 22 heavy (non-hydrogen) atoms. The summed E-state index contributed by atoms with van der Waals surface area (Å²) in [4.78, 5) is 4.11. The molecule has 0 atom stereocenters. The van der Waals surface area contributed by atoms with Crippen LogP contribution in [0.1, 0.15) is 11.1 Å². The van der Waals surface area contributed by atoms with E-state index < -0.39 is 0 Å². The number of ether oxygens (including phenoxy) is 2. The highest BCUT2D eigenvalue weighted by Gasteiger charge is 2.13. The van der Waals surface area contributed by atoms with Crippen LogP contribution in [0.5, 0.6) is 17.4 Å². The van der Waals surface area contributed by atoms with Crippen molar-refractivity contribution in [3.63, 3.8) is 0 Å². The van der Waals surface area contributed by atoms with Crippen LogP contribution in [0.25, 0.3) is 0 Å². The zero-order chi connectivity index (χ0) is 15.9. The lowest BCUT2D eigenvalue weighted by atomic mass is 10.1. The Labute approximate surface area is 128 Å². The van der Waals surface area contributed by atoms with Gasteiger partial charge in [-0.05, 0) is 36.2 Å². The molecule has 1 aromatic heterocycles. The number of rotatable bonds is 6. The summed E-state index contributed by atoms with van der Waals surface area (Å²) < 4.78 is 11.1. The third-order valence-electron chi connectivity index (χ3n) is 2.97. The van der Waals surface area contributed by atoms with Crippen LogP contribution in [0.4, 0.5) is 0 Å². The van der Waals surface area contributed by atoms with E-state index in [9.17, 15) is 0 Å². The molecule has 3 N–H and O–H groups in total. The van der Waals surface area contributed by atoms with Crippen LogP contribution >= 0.6 is 0 Å². The molecule has 6 heteroatoms. The molecular formula is C16H17N3O3. The van der Waals surface area contributed by atoms with Gasteiger partial charge in [-0.15, -0.1) is 6.58 Å². The number of nitrogens with zero attached hydrogens (tertiary/aromatic N) is 2. The molecule has 0 aliphatic rings. The standard InChI is InChI=1S/C16H17N3O3/c1-3-5-11-7-8-13(14(10-11)21-2)22-16-12(15(17)19-20)6-4-9-18-16/h3-4,6-10,20H,1,5H2,2H3,(H2,17,19). The smallest absolute Gasteiger partial charge is 0.230 e. The van der Waals surface area contributed by atoms with Crippen molar-refractivity contribution in [3.05, 3.63) is 60.3 Å². The van der Waals surface area contributed by atoms with Crippen LogP contribution in [0.2, 0.25) is 0 Å². The molecule has 2 aromatic rings. The summed E-state index contributed by atoms with van der Waals surface area (Å²) in [6, 6.07) is 8.87. The molecule has 2 rings (SSSR count). The molecule has 6 nitrogen and oxygen atoms in total. The van der Waals surface area contributed by atoms with Crippen LogP contribution in [0, 0.1) is 0 Å². The Balaban J connectivity index is 2.37. The highest BCUT2D eigenvalue weighted by Crippen LogP contribution is 2.32. The van der Waals surface area contributed by atoms with Gasteiger partial charge in [0.15, 0.2) is 17.3 Å². The van der Waals surface area contributed by atoms with Crippen molar-refractivity contribution in [1.82, 2.24) is 4.98 Å². The first kappa shape index (κ1) is 15.4. The predicted octanol–water partition coefficient (Wildman–Crippen LogP) is 2.71. The van der Waals surface area contributed by atoms with E-state index in [-0.39, 0.29) is 11.7 Å². The zero-order valence-corrected chi connectivity index (χ0v) is 12.2. The van der Waals surface area contributed by atoms with Crippen LogP contribution in [0.3, 0.4) is 0 Å². The van der Waals surface area contributed by atoms with Gasteiger partial charge in [-0.3, -0.25) is 0 Å². The zero-order valence-electron chi connectivity index (χ0n) is 12.2. The Kier molecular flexibility index (Phi) is 4.98. The molecule has 0 radical (unpaired) electrons. The molecule has 0 amide bonds. The Hall–Kier alpha value is -3.02. The van der Waals surface area contributed by atoms with E-state index in [0.29, 0.717) is 17.1 Å². The van der Waals surface area contributed by atoms with E-state index in [1.165, 1.54) is 0 Å². The fraction of sp³-hybridized carbons (Fsp3) is 0.125. The van der Waals surface area contributed by atoms with Crippen molar-refractivity contribution in [2.45, 2.75) is 6.42 Å². The van der Waals surface area contributed by atoms with Gasteiger partial charge in [0, 0.05) is 6.20 Å². The van der Waals surface area contributed by atoms with Gasteiger partial charge in [0.2, 0.25) is 5.88 Å². The van der Waals surface area contributed by atoms with Gasteiger partial charge < -0.3 is 20.4 Å². The second-order valence-corrected chi connectivity index (χ2v) is 4.42. The molecule has 0 spiro atoms. The van der Waals surface area contributed by atoms with Crippen LogP contribution in [-0.4, -0.2) is 23.1 Å². The molecule has 0 saturated carbocycles. The van der Waals surface area contributed by atoms with Crippen molar-refractivity contribution < 1.29 is 14.7 Å². The third kappa shape index (κ3) is 3.35. The minimum atomic E-state index is -0.0784. The summed E-state index contributed by atoms with van der Waals surface area (Å²) in [6.45, 7) is 3.71. The van der Waals surface area contributed by atoms with Gasteiger partial charge in [0.1, 0.15) is 0 Å². The first-order valence-electron chi connectivity index (χ1n) is 6.58. The van der Waals surface area contributed by atoms with Gasteiger partial charge in [0.05, 0.1) is 12.7 Å². The van der Waals surface area contributed by atoms with Crippen LogP contribution in [0.15, 0.2) is 54.3 Å². The number of allylic oxidation sites excluding steroid dienone is 1. The Bertz CT molecular complexity index is 699. The minimum absolute atomic E-state index is 0.0784. The number of nitrogens with two attached hydrogens (primary N) is 1. The van der Waals surface area contributed by atoms with E-state index in [1.807, 2.05) is 18.2 Å². The molecular weight excluding hydrogens is 282 g/mol. The summed E-state index contributed by atoms with van der Waals surface area (Å²) >= 11 is 0. The van der Waals surface area contributed by atoms with Gasteiger partial charge in [-0.2, -0.15) is 0 Å². The molecule has 0 bridgehead atoms. The molecule has 1 heterocycles. The number of pyridine rings is 1. The second kappa shape index (κ2) is 7.12. The van der Waals surface area contributed by atoms with E-state index in [0.717, 1.165) is 12.0 Å². The number of hydrogen-bond donors (Lipinski definition) is 2. The highest BCUT2D eigenvalue weighted by molar-refractivity contribution is 5.99. The van der Waals surface area contributed by atoms with Crippen molar-refractivity contribution in [2.24, 2.45) is 10.9 Å². The summed E-state index contributed by atoms with van der Waals surface area (Å²) in [5.74, 6) is 1.20. The fourth-order valence-electron chi connectivity index (χ4n) is 1.92. The van der Waals surface area contributed by atoms with Gasteiger partial charge in [-0.1, -0.05) is 17.3 Å². The van der Waals surface area contributed by atoms with Gasteiger partial charge >= 0.3 is 0 Å². The molecule has 0 aliphatic heterocycles. The summed E-state index contributed by atoms with van der Waals surface area (Å²) in [7, 11) is 1.56. The highest BCUT2D eigenvalue weighted by atomic mass is 16.5. The molecule has 0 aliphatic carbocycles. The van der Waals surface area contributed by atoms with Gasteiger partial charge in [-0.25, -0.2) is 4.98 Å². The third-order valence-corrected chi connectivity index (χ3v) is 2.97. The second-order valence-electron chi connectivity index (χ2n) is 4.42.